The Bertz CT molecular complexity index is 7090. The number of halogens is 1. The molecule has 1 aliphatic rings. The van der Waals surface area contributed by atoms with Gasteiger partial charge in [-0.15, -0.1) is 0 Å². The van der Waals surface area contributed by atoms with Gasteiger partial charge in [-0.05, 0) is 195 Å². The van der Waals surface area contributed by atoms with Crippen molar-refractivity contribution in [1.29, 1.82) is 0 Å². The summed E-state index contributed by atoms with van der Waals surface area (Å²) in [5.41, 5.74) is 10.4. The van der Waals surface area contributed by atoms with E-state index in [0.29, 0.717) is 35.5 Å². The highest BCUT2D eigenvalue weighted by atomic mass is 35.5. The first-order valence-electron chi connectivity index (χ1n) is 35.1. The summed E-state index contributed by atoms with van der Waals surface area (Å²) in [6.07, 6.45) is 0.623. The van der Waals surface area contributed by atoms with E-state index in [1.165, 1.54) is 5.39 Å². The third-order valence-corrected chi connectivity index (χ3v) is 22.0. The molecule has 1 unspecified atom stereocenters. The Morgan fingerprint density at radius 1 is 0.298 bits per heavy atom. The Hall–Kier alpha value is -12.5. The van der Waals surface area contributed by atoms with Crippen molar-refractivity contribution in [2.75, 3.05) is 0 Å². The Kier molecular flexibility index (Phi) is 13.3. The zero-order valence-corrected chi connectivity index (χ0v) is 57.4. The van der Waals surface area contributed by atoms with E-state index in [2.05, 4.69) is 244 Å². The van der Waals surface area contributed by atoms with Gasteiger partial charge >= 0.3 is 7.12 Å². The van der Waals surface area contributed by atoms with Crippen molar-refractivity contribution in [3.8, 4) is 68.1 Å². The molecular weight excluding hydrogens is 1300 g/mol. The Morgan fingerprint density at radius 2 is 0.740 bits per heavy atom. The monoisotopic (exact) mass is 1360 g/mol. The third kappa shape index (κ3) is 9.72. The van der Waals surface area contributed by atoms with E-state index in [1.54, 1.807) is 0 Å². The predicted molar refractivity (Wildman–Crippen MR) is 426 cm³/mol. The molecule has 16 aromatic carbocycles. The zero-order chi connectivity index (χ0) is 69.1. The van der Waals surface area contributed by atoms with Gasteiger partial charge in [0, 0.05) is 55.8 Å². The number of furan rings is 2. The lowest BCUT2D eigenvalue weighted by molar-refractivity contribution is -0.00875. The van der Waals surface area contributed by atoms with Crippen LogP contribution in [0.4, 0.5) is 0 Å². The number of aromatic nitrogens is 6. The lowest BCUT2D eigenvalue weighted by Crippen LogP contribution is -2.46. The van der Waals surface area contributed by atoms with Gasteiger partial charge in [0.25, 0.3) is 0 Å². The van der Waals surface area contributed by atoms with Crippen molar-refractivity contribution >= 4 is 154 Å². The first-order valence-corrected chi connectivity index (χ1v) is 35.5. The molecule has 104 heavy (non-hydrogen) atoms. The smallest absolute Gasteiger partial charge is 0.456 e. The molecule has 490 valence electrons. The van der Waals surface area contributed by atoms with E-state index >= 15 is 0 Å². The molecule has 0 amide bonds. The lowest BCUT2D eigenvalue weighted by Gasteiger charge is -2.36. The van der Waals surface area contributed by atoms with E-state index < -0.39 is 18.3 Å². The fraction of sp³-hybridized carbons (Fsp3) is 0.0652. The van der Waals surface area contributed by atoms with Gasteiger partial charge in [0.2, 0.25) is 5.28 Å². The minimum Gasteiger partial charge on any atom is -0.456 e. The minimum absolute atomic E-state index is 0.110. The summed E-state index contributed by atoms with van der Waals surface area (Å²) in [6, 6.07) is 100. The van der Waals surface area contributed by atoms with Crippen LogP contribution in [0.25, 0.3) is 198 Å². The van der Waals surface area contributed by atoms with Crippen LogP contribution in [0.5, 0.6) is 0 Å². The van der Waals surface area contributed by atoms with Crippen molar-refractivity contribution in [3.63, 3.8) is 0 Å². The second-order valence-corrected chi connectivity index (χ2v) is 28.6. The van der Waals surface area contributed by atoms with Crippen LogP contribution < -0.4 is 5.46 Å². The normalized spacial score (nSPS) is 14.8. The first-order chi connectivity index (χ1) is 50.9. The quantitative estimate of drug-likeness (QED) is 0.102. The summed E-state index contributed by atoms with van der Waals surface area (Å²) in [4.78, 5) is 30.4. The van der Waals surface area contributed by atoms with E-state index in [-0.39, 0.29) is 5.28 Å². The van der Waals surface area contributed by atoms with Gasteiger partial charge in [0.15, 0.2) is 29.1 Å². The second kappa shape index (κ2) is 23.0. The highest BCUT2D eigenvalue weighted by Crippen LogP contribution is 2.45. The summed E-state index contributed by atoms with van der Waals surface area (Å²) in [6.45, 7) is 6.52. The second-order valence-electron chi connectivity index (χ2n) is 28.3. The summed E-state index contributed by atoms with van der Waals surface area (Å²) in [5.74, 6) is 2.71. The van der Waals surface area contributed by atoms with Crippen LogP contribution in [0.3, 0.4) is 0 Å². The fourth-order valence-corrected chi connectivity index (χ4v) is 16.4. The summed E-state index contributed by atoms with van der Waals surface area (Å²) in [5, 5.41) is 22.1. The number of hydrogen-bond acceptors (Lipinski definition) is 10. The van der Waals surface area contributed by atoms with Gasteiger partial charge < -0.3 is 18.1 Å². The maximum atomic E-state index is 7.26. The largest absolute Gasteiger partial charge is 0.494 e. The summed E-state index contributed by atoms with van der Waals surface area (Å²) < 4.78 is 27.0. The van der Waals surface area contributed by atoms with Gasteiger partial charge in [-0.25, -0.2) is 19.9 Å². The van der Waals surface area contributed by atoms with Crippen molar-refractivity contribution in [2.45, 2.75) is 38.4 Å². The molecule has 5 heterocycles. The minimum atomic E-state index is -0.701. The Balaban J connectivity index is 0.603. The SMILES string of the molecule is CC1(C)OB(c2ccc3ccc4c5cc(-c6cc(-c7nc(Cl)nc(-c8cccc9oc%10ccccc%10c89)n7)cc7ccccc67)ccc5ccc4c3c2)OC1(C)Cc1ccc2ccc3c4cc(-c5nc(-c6ccc7ccccc7c6)nc(-c6cccc7oc8ccccc8c67)n5)ccc4ccc3c2c1. The van der Waals surface area contributed by atoms with Crippen LogP contribution in [0, 0.1) is 0 Å². The maximum Gasteiger partial charge on any atom is 0.494 e. The first kappa shape index (κ1) is 60.3. The topological polar surface area (TPSA) is 122 Å². The van der Waals surface area contributed by atoms with Crippen LogP contribution in [0.2, 0.25) is 5.28 Å². The Labute approximate surface area is 601 Å². The van der Waals surface area contributed by atoms with E-state index in [9.17, 15) is 0 Å². The molecule has 0 N–H and O–H groups in total. The average molecular weight is 1360 g/mol. The molecule has 0 bridgehead atoms. The molecule has 21 rings (SSSR count). The van der Waals surface area contributed by atoms with E-state index in [4.69, 9.17) is 54.7 Å². The molecule has 1 aliphatic heterocycles. The number of benzene rings is 16. The van der Waals surface area contributed by atoms with Gasteiger partial charge in [-0.1, -0.05) is 231 Å². The number of para-hydroxylation sites is 2. The molecule has 1 fully saturated rings. The Morgan fingerprint density at radius 3 is 1.38 bits per heavy atom. The van der Waals surface area contributed by atoms with Crippen LogP contribution >= 0.6 is 11.6 Å². The molecule has 20 aromatic rings. The maximum absolute atomic E-state index is 7.26. The predicted octanol–water partition coefficient (Wildman–Crippen LogP) is 23.3. The standard InChI is InChI=1S/C92H58BClN6O4/c1-91(2)92(3,51-52-26-27-54-35-41-67-66(74(54)44-52)40-36-56-30-33-62(48-76(56)67)86-95-85(61-32-28-53-14-4-5-15-58(53)45-61)96-88(97-86)72-20-12-24-81-83(72)70-18-8-10-22-79(70)101-81)104-93(103-91)64-39-34-57-38-42-68-69(78(57)50-64)43-37-55-29-31-60(47-75(55)68)77-49-63(46-59-16-6-7-17-65(59)77)87-98-89(100-90(94)99-87)73-21-13-25-82-84(73)71-19-9-11-23-80(71)102-82/h4-50H,51H2,1-3H3. The number of hydrogen-bond donors (Lipinski definition) is 0. The van der Waals surface area contributed by atoms with Crippen LogP contribution in [0.1, 0.15) is 26.3 Å². The van der Waals surface area contributed by atoms with E-state index in [1.807, 2.05) is 66.7 Å². The lowest BCUT2D eigenvalue weighted by atomic mass is 9.77. The van der Waals surface area contributed by atoms with Crippen LogP contribution in [0.15, 0.2) is 294 Å². The molecule has 0 radical (unpaired) electrons. The highest BCUT2D eigenvalue weighted by molar-refractivity contribution is 6.62. The summed E-state index contributed by atoms with van der Waals surface area (Å²) in [7, 11) is -0.609. The van der Waals surface area contributed by atoms with Gasteiger partial charge in [0.05, 0.1) is 11.2 Å². The molecule has 0 aliphatic carbocycles. The van der Waals surface area contributed by atoms with Crippen molar-refractivity contribution in [3.05, 3.63) is 296 Å². The number of fused-ring (bicyclic) bond motifs is 18. The number of nitrogens with zero attached hydrogens (tertiary/aromatic N) is 6. The van der Waals surface area contributed by atoms with Crippen LogP contribution in [-0.2, 0) is 15.7 Å². The molecule has 0 spiro atoms. The third-order valence-electron chi connectivity index (χ3n) is 21.8. The molecule has 12 heteroatoms. The van der Waals surface area contributed by atoms with Crippen LogP contribution in [-0.4, -0.2) is 48.2 Å². The van der Waals surface area contributed by atoms with Gasteiger partial charge in [-0.3, -0.25) is 0 Å². The van der Waals surface area contributed by atoms with E-state index in [0.717, 1.165) is 175 Å². The van der Waals surface area contributed by atoms with Crippen molar-refractivity contribution in [1.82, 2.24) is 29.9 Å². The molecular formula is C92H58BClN6O4. The molecule has 0 saturated carbocycles. The van der Waals surface area contributed by atoms with Gasteiger partial charge in [-0.2, -0.15) is 9.97 Å². The molecule has 1 saturated heterocycles. The number of rotatable bonds is 9. The zero-order valence-electron chi connectivity index (χ0n) is 56.6. The molecule has 4 aromatic heterocycles. The fourth-order valence-electron chi connectivity index (χ4n) is 16.2. The van der Waals surface area contributed by atoms with Crippen molar-refractivity contribution < 1.29 is 18.1 Å². The average Bonchev–Trinajstić information content (AvgIpc) is 1.24. The highest BCUT2D eigenvalue weighted by Gasteiger charge is 2.54. The molecule has 10 nitrogen and oxygen atoms in total. The summed E-state index contributed by atoms with van der Waals surface area (Å²) >= 11 is 6.83. The van der Waals surface area contributed by atoms with Gasteiger partial charge in [0.1, 0.15) is 22.3 Å². The molecule has 1 atom stereocenters. The van der Waals surface area contributed by atoms with Crippen molar-refractivity contribution in [2.24, 2.45) is 0 Å².